The molecule has 7 heteroatoms. The molecule has 0 aliphatic carbocycles. The summed E-state index contributed by atoms with van der Waals surface area (Å²) in [5, 5.41) is 20.5. The van der Waals surface area contributed by atoms with Crippen LogP contribution >= 0.6 is 0 Å². The summed E-state index contributed by atoms with van der Waals surface area (Å²) in [6.07, 6.45) is 1.52. The first-order valence-corrected chi connectivity index (χ1v) is 7.00. The molecule has 7 nitrogen and oxygen atoms in total. The predicted octanol–water partition coefficient (Wildman–Crippen LogP) is 2.38. The zero-order valence-electron chi connectivity index (χ0n) is 12.2. The van der Waals surface area contributed by atoms with E-state index in [0.717, 1.165) is 0 Å². The molecule has 1 saturated heterocycles. The van der Waals surface area contributed by atoms with Crippen LogP contribution in [0.5, 0.6) is 0 Å². The van der Waals surface area contributed by atoms with E-state index in [9.17, 15) is 20.0 Å². The number of carboxylic acid groups (broad SMARTS) is 1. The topological polar surface area (TPSA) is 96.6 Å². The van der Waals surface area contributed by atoms with Crippen molar-refractivity contribution >= 4 is 17.5 Å². The van der Waals surface area contributed by atoms with Crippen LogP contribution in [0.15, 0.2) is 12.1 Å². The van der Waals surface area contributed by atoms with Crippen molar-refractivity contribution in [1.29, 1.82) is 0 Å². The van der Waals surface area contributed by atoms with Gasteiger partial charge < -0.3 is 10.0 Å². The van der Waals surface area contributed by atoms with E-state index >= 15 is 0 Å². The number of aromatic nitrogens is 1. The van der Waals surface area contributed by atoms with Crippen LogP contribution in [0.1, 0.15) is 31.9 Å². The highest BCUT2D eigenvalue weighted by molar-refractivity contribution is 5.75. The Morgan fingerprint density at radius 3 is 2.57 bits per heavy atom. The number of nitrogens with zero attached hydrogens (tertiary/aromatic N) is 3. The molecule has 0 bridgehead atoms. The number of hydrogen-bond acceptors (Lipinski definition) is 5. The van der Waals surface area contributed by atoms with E-state index in [0.29, 0.717) is 43.9 Å². The number of aryl methyl sites for hydroxylation is 1. The fraction of sp³-hybridized carbons (Fsp3) is 0.571. The zero-order valence-corrected chi connectivity index (χ0v) is 12.2. The van der Waals surface area contributed by atoms with E-state index in [1.165, 1.54) is 6.07 Å². The van der Waals surface area contributed by atoms with Crippen molar-refractivity contribution in [2.45, 2.75) is 33.1 Å². The van der Waals surface area contributed by atoms with Gasteiger partial charge in [0.1, 0.15) is 0 Å². The van der Waals surface area contributed by atoms with Gasteiger partial charge in [-0.1, -0.05) is 6.92 Å². The van der Waals surface area contributed by atoms with Crippen molar-refractivity contribution < 1.29 is 14.8 Å². The maximum absolute atomic E-state index is 11.4. The lowest BCUT2D eigenvalue weighted by atomic mass is 9.76. The number of hydrogen-bond donors (Lipinski definition) is 1. The van der Waals surface area contributed by atoms with Crippen LogP contribution in [0.25, 0.3) is 0 Å². The van der Waals surface area contributed by atoms with Crippen LogP contribution in [0.2, 0.25) is 0 Å². The largest absolute Gasteiger partial charge is 0.481 e. The quantitative estimate of drug-likeness (QED) is 0.676. The average Bonchev–Trinajstić information content (AvgIpc) is 2.46. The Morgan fingerprint density at radius 2 is 2.10 bits per heavy atom. The van der Waals surface area contributed by atoms with Gasteiger partial charge in [0.15, 0.2) is 0 Å². The van der Waals surface area contributed by atoms with E-state index in [4.69, 9.17) is 0 Å². The summed E-state index contributed by atoms with van der Waals surface area (Å²) in [5.41, 5.74) is -0.0316. The molecule has 0 radical (unpaired) electrons. The van der Waals surface area contributed by atoms with Crippen molar-refractivity contribution in [3.8, 4) is 0 Å². The van der Waals surface area contributed by atoms with Crippen molar-refractivity contribution in [3.63, 3.8) is 0 Å². The number of carboxylic acids is 1. The Kier molecular flexibility index (Phi) is 4.11. The van der Waals surface area contributed by atoms with Crippen LogP contribution in [0.3, 0.4) is 0 Å². The minimum atomic E-state index is -0.781. The lowest BCUT2D eigenvalue weighted by Crippen LogP contribution is -2.44. The number of anilines is 1. The Labute approximate surface area is 122 Å². The van der Waals surface area contributed by atoms with Crippen molar-refractivity contribution in [2.75, 3.05) is 18.0 Å². The highest BCUT2D eigenvalue weighted by Crippen LogP contribution is 2.38. The summed E-state index contributed by atoms with van der Waals surface area (Å²) in [6, 6.07) is 3.07. The van der Waals surface area contributed by atoms with Crippen molar-refractivity contribution in [3.05, 3.63) is 27.9 Å². The number of aliphatic carboxylic acids is 1. The molecule has 1 N–H and O–H groups in total. The van der Waals surface area contributed by atoms with Crippen LogP contribution in [0.4, 0.5) is 11.5 Å². The predicted molar refractivity (Wildman–Crippen MR) is 77.4 cm³/mol. The standard InChI is InChI=1S/C14H19N3O4/c1-3-14(13(18)19)6-8-16(9-7-14)12-11(17(20)21)5-4-10(2)15-12/h4-5H,3,6-9H2,1-2H3,(H,18,19). The summed E-state index contributed by atoms with van der Waals surface area (Å²) < 4.78 is 0. The van der Waals surface area contributed by atoms with Crippen LogP contribution in [-0.4, -0.2) is 34.1 Å². The molecular formula is C14H19N3O4. The molecule has 2 heterocycles. The molecule has 1 aromatic heterocycles. The van der Waals surface area contributed by atoms with Gasteiger partial charge in [-0.2, -0.15) is 0 Å². The SMILES string of the molecule is CCC1(C(=O)O)CCN(c2nc(C)ccc2[N+](=O)[O-])CC1. The van der Waals surface area contributed by atoms with E-state index < -0.39 is 16.3 Å². The Bertz CT molecular complexity index is 565. The number of carbonyl (C=O) groups is 1. The number of piperidine rings is 1. The van der Waals surface area contributed by atoms with Gasteiger partial charge in [-0.25, -0.2) is 4.98 Å². The van der Waals surface area contributed by atoms with E-state index in [-0.39, 0.29) is 5.69 Å². The number of nitro groups is 1. The average molecular weight is 293 g/mol. The molecule has 0 atom stereocenters. The molecule has 1 aliphatic rings. The van der Waals surface area contributed by atoms with Gasteiger partial charge in [0.25, 0.3) is 0 Å². The fourth-order valence-corrected chi connectivity index (χ4v) is 2.78. The number of rotatable bonds is 4. The summed E-state index contributed by atoms with van der Waals surface area (Å²) in [4.78, 5) is 28.2. The summed E-state index contributed by atoms with van der Waals surface area (Å²) >= 11 is 0. The first kappa shape index (κ1) is 15.2. The van der Waals surface area contributed by atoms with Crippen molar-refractivity contribution in [1.82, 2.24) is 4.98 Å². The van der Waals surface area contributed by atoms with Crippen LogP contribution in [0, 0.1) is 22.5 Å². The monoisotopic (exact) mass is 293 g/mol. The third-order valence-corrected chi connectivity index (χ3v) is 4.34. The molecule has 0 unspecified atom stereocenters. The maximum Gasteiger partial charge on any atom is 0.311 e. The van der Waals surface area contributed by atoms with Gasteiger partial charge in [0, 0.05) is 24.8 Å². The second-order valence-electron chi connectivity index (χ2n) is 5.48. The third-order valence-electron chi connectivity index (χ3n) is 4.34. The molecule has 114 valence electrons. The molecular weight excluding hydrogens is 274 g/mol. The van der Waals surface area contributed by atoms with Gasteiger partial charge in [-0.15, -0.1) is 0 Å². The zero-order chi connectivity index (χ0) is 15.6. The Hall–Kier alpha value is -2.18. The van der Waals surface area contributed by atoms with Gasteiger partial charge in [-0.3, -0.25) is 14.9 Å². The minimum absolute atomic E-state index is 0.0278. The van der Waals surface area contributed by atoms with E-state index in [2.05, 4.69) is 4.98 Å². The molecule has 0 aromatic carbocycles. The Balaban J connectivity index is 2.25. The van der Waals surface area contributed by atoms with Crippen molar-refractivity contribution in [2.24, 2.45) is 5.41 Å². The van der Waals surface area contributed by atoms with Crippen LogP contribution < -0.4 is 4.90 Å². The van der Waals surface area contributed by atoms with Gasteiger partial charge in [0.2, 0.25) is 5.82 Å². The lowest BCUT2D eigenvalue weighted by molar-refractivity contribution is -0.384. The highest BCUT2D eigenvalue weighted by Gasteiger charge is 2.41. The maximum atomic E-state index is 11.4. The smallest absolute Gasteiger partial charge is 0.311 e. The summed E-state index contributed by atoms with van der Waals surface area (Å²) in [6.45, 7) is 4.59. The van der Waals surface area contributed by atoms with E-state index in [1.807, 2.05) is 11.8 Å². The van der Waals surface area contributed by atoms with Gasteiger partial charge >= 0.3 is 11.7 Å². The minimum Gasteiger partial charge on any atom is -0.481 e. The first-order valence-electron chi connectivity index (χ1n) is 7.00. The highest BCUT2D eigenvalue weighted by atomic mass is 16.6. The summed E-state index contributed by atoms with van der Waals surface area (Å²) in [7, 11) is 0. The van der Waals surface area contributed by atoms with Gasteiger partial charge in [-0.05, 0) is 32.3 Å². The Morgan fingerprint density at radius 1 is 1.48 bits per heavy atom. The van der Waals surface area contributed by atoms with E-state index in [1.54, 1.807) is 13.0 Å². The van der Waals surface area contributed by atoms with Gasteiger partial charge in [0.05, 0.1) is 10.3 Å². The second kappa shape index (κ2) is 5.67. The molecule has 21 heavy (non-hydrogen) atoms. The van der Waals surface area contributed by atoms with Crippen LogP contribution in [-0.2, 0) is 4.79 Å². The fourth-order valence-electron chi connectivity index (χ4n) is 2.78. The molecule has 0 spiro atoms. The second-order valence-corrected chi connectivity index (χ2v) is 5.48. The molecule has 1 aliphatic heterocycles. The summed E-state index contributed by atoms with van der Waals surface area (Å²) in [5.74, 6) is -0.438. The third kappa shape index (κ3) is 2.81. The lowest BCUT2D eigenvalue weighted by Gasteiger charge is -2.38. The first-order chi connectivity index (χ1) is 9.89. The molecule has 0 amide bonds. The molecule has 1 aromatic rings. The molecule has 2 rings (SSSR count). The molecule has 1 fully saturated rings. The number of pyridine rings is 1. The molecule has 0 saturated carbocycles. The normalized spacial score (nSPS) is 17.5.